The molecule has 0 unspecified atom stereocenters. The zero-order valence-electron chi connectivity index (χ0n) is 11.6. The second kappa shape index (κ2) is 8.68. The van der Waals surface area contributed by atoms with Crippen molar-refractivity contribution in [1.82, 2.24) is 10.6 Å². The molecule has 0 aliphatic carbocycles. The quantitative estimate of drug-likeness (QED) is 0.739. The van der Waals surface area contributed by atoms with E-state index in [1.807, 2.05) is 0 Å². The highest BCUT2D eigenvalue weighted by Crippen LogP contribution is 2.01. The Bertz CT molecular complexity index is 502. The number of ketones is 1. The molecule has 1 aromatic rings. The number of hydrogen-bond acceptors (Lipinski definition) is 4. The van der Waals surface area contributed by atoms with E-state index in [1.165, 1.54) is 19.2 Å². The van der Waals surface area contributed by atoms with Gasteiger partial charge in [-0.1, -0.05) is 12.1 Å². The first-order valence-electron chi connectivity index (χ1n) is 6.36. The summed E-state index contributed by atoms with van der Waals surface area (Å²) >= 11 is 0. The first-order valence-corrected chi connectivity index (χ1v) is 6.36. The molecule has 7 heteroatoms. The minimum absolute atomic E-state index is 0.00574. The Kier molecular flexibility index (Phi) is 6.86. The van der Waals surface area contributed by atoms with E-state index in [1.54, 1.807) is 12.1 Å². The van der Waals surface area contributed by atoms with Crippen molar-refractivity contribution in [3.05, 3.63) is 35.6 Å². The molecule has 0 spiro atoms. The van der Waals surface area contributed by atoms with Crippen LogP contribution in [0.15, 0.2) is 24.3 Å². The Morgan fingerprint density at radius 1 is 1.10 bits per heavy atom. The maximum atomic E-state index is 12.7. The van der Waals surface area contributed by atoms with Crippen molar-refractivity contribution in [3.8, 4) is 0 Å². The van der Waals surface area contributed by atoms with Gasteiger partial charge in [0.15, 0.2) is 5.78 Å². The number of urea groups is 1. The van der Waals surface area contributed by atoms with Crippen molar-refractivity contribution in [3.63, 3.8) is 0 Å². The van der Waals surface area contributed by atoms with Crippen LogP contribution in [0.5, 0.6) is 0 Å². The molecular weight excluding hydrogens is 279 g/mol. The van der Waals surface area contributed by atoms with Crippen molar-refractivity contribution < 1.29 is 23.5 Å². The number of methoxy groups -OCH3 is 1. The lowest BCUT2D eigenvalue weighted by Crippen LogP contribution is -2.38. The fourth-order valence-corrected chi connectivity index (χ4v) is 1.46. The summed E-state index contributed by atoms with van der Waals surface area (Å²) in [6.45, 7) is 0.0642. The largest absolute Gasteiger partial charge is 0.469 e. The van der Waals surface area contributed by atoms with E-state index >= 15 is 0 Å². The minimum atomic E-state index is -0.509. The Hall–Kier alpha value is -2.44. The number of benzene rings is 1. The highest BCUT2D eigenvalue weighted by Gasteiger charge is 2.08. The van der Waals surface area contributed by atoms with E-state index in [2.05, 4.69) is 15.4 Å². The summed E-state index contributed by atoms with van der Waals surface area (Å²) in [6.07, 6.45) is 0.0130. The number of carbonyl (C=O) groups excluding carboxylic acids is 3. The van der Waals surface area contributed by atoms with Crippen LogP contribution in [-0.2, 0) is 20.9 Å². The lowest BCUT2D eigenvalue weighted by Gasteiger charge is -2.07. The zero-order chi connectivity index (χ0) is 15.7. The van der Waals surface area contributed by atoms with Crippen molar-refractivity contribution in [2.45, 2.75) is 19.4 Å². The number of Topliss-reactive ketones (excluding diaryl/α,β-unsaturated/α-hetero) is 1. The molecule has 0 radical (unpaired) electrons. The number of carbonyl (C=O) groups is 3. The van der Waals surface area contributed by atoms with Gasteiger partial charge in [-0.3, -0.25) is 9.59 Å². The van der Waals surface area contributed by atoms with Gasteiger partial charge in [-0.2, -0.15) is 0 Å². The van der Waals surface area contributed by atoms with Gasteiger partial charge < -0.3 is 15.4 Å². The molecule has 0 saturated carbocycles. The van der Waals surface area contributed by atoms with Gasteiger partial charge >= 0.3 is 12.0 Å². The van der Waals surface area contributed by atoms with Crippen LogP contribution in [0.2, 0.25) is 0 Å². The van der Waals surface area contributed by atoms with Crippen LogP contribution < -0.4 is 10.6 Å². The number of hydrogen-bond donors (Lipinski definition) is 2. The molecule has 1 rings (SSSR count). The number of halogens is 1. The monoisotopic (exact) mass is 296 g/mol. The number of nitrogens with one attached hydrogen (secondary N) is 2. The smallest absolute Gasteiger partial charge is 0.315 e. The fourth-order valence-electron chi connectivity index (χ4n) is 1.46. The average Bonchev–Trinajstić information content (AvgIpc) is 2.49. The third kappa shape index (κ3) is 7.05. The van der Waals surface area contributed by atoms with Gasteiger partial charge in [-0.05, 0) is 17.7 Å². The molecule has 0 bridgehead atoms. The minimum Gasteiger partial charge on any atom is -0.469 e. The van der Waals surface area contributed by atoms with Crippen LogP contribution in [0.3, 0.4) is 0 Å². The van der Waals surface area contributed by atoms with Gasteiger partial charge in [0, 0.05) is 13.0 Å². The molecule has 2 N–H and O–H groups in total. The molecule has 21 heavy (non-hydrogen) atoms. The van der Waals surface area contributed by atoms with Crippen LogP contribution in [0.1, 0.15) is 18.4 Å². The van der Waals surface area contributed by atoms with Crippen molar-refractivity contribution in [2.75, 3.05) is 13.7 Å². The Morgan fingerprint density at radius 3 is 2.38 bits per heavy atom. The van der Waals surface area contributed by atoms with Gasteiger partial charge in [0.2, 0.25) is 0 Å². The van der Waals surface area contributed by atoms with Crippen LogP contribution in [0.4, 0.5) is 9.18 Å². The number of esters is 1. The zero-order valence-corrected chi connectivity index (χ0v) is 11.6. The third-order valence-corrected chi connectivity index (χ3v) is 2.65. The van der Waals surface area contributed by atoms with E-state index in [4.69, 9.17) is 0 Å². The Labute approximate surface area is 121 Å². The summed E-state index contributed by atoms with van der Waals surface area (Å²) in [7, 11) is 1.24. The molecule has 0 aromatic heterocycles. The van der Waals surface area contributed by atoms with Crippen LogP contribution >= 0.6 is 0 Å². The first kappa shape index (κ1) is 16.6. The molecule has 0 fully saturated rings. The van der Waals surface area contributed by atoms with Crippen molar-refractivity contribution >= 4 is 17.8 Å². The van der Waals surface area contributed by atoms with E-state index in [9.17, 15) is 18.8 Å². The second-order valence-corrected chi connectivity index (χ2v) is 4.28. The van der Waals surface area contributed by atoms with Crippen LogP contribution in [-0.4, -0.2) is 31.4 Å². The van der Waals surface area contributed by atoms with E-state index < -0.39 is 12.0 Å². The molecular formula is C14H17FN2O4. The molecule has 114 valence electrons. The van der Waals surface area contributed by atoms with E-state index in [0.29, 0.717) is 0 Å². The van der Waals surface area contributed by atoms with E-state index in [-0.39, 0.29) is 37.5 Å². The summed E-state index contributed by atoms with van der Waals surface area (Å²) in [4.78, 5) is 33.7. The van der Waals surface area contributed by atoms with Gasteiger partial charge in [0.25, 0.3) is 0 Å². The SMILES string of the molecule is COC(=O)CCC(=O)CNC(=O)NCc1ccc(F)cc1. The maximum absolute atomic E-state index is 12.7. The molecule has 2 amide bonds. The summed E-state index contributed by atoms with van der Waals surface area (Å²) < 4.78 is 17.1. The molecule has 0 heterocycles. The summed E-state index contributed by atoms with van der Waals surface area (Å²) in [5.74, 6) is -1.08. The molecule has 0 aliphatic heterocycles. The van der Waals surface area contributed by atoms with Gasteiger partial charge in [-0.25, -0.2) is 9.18 Å². The Balaban J connectivity index is 2.20. The standard InChI is InChI=1S/C14H17FN2O4/c1-21-13(19)7-6-12(18)9-17-14(20)16-8-10-2-4-11(15)5-3-10/h2-5H,6-9H2,1H3,(H2,16,17,20). The van der Waals surface area contributed by atoms with Crippen LogP contribution in [0, 0.1) is 5.82 Å². The van der Waals surface area contributed by atoms with Crippen molar-refractivity contribution in [2.24, 2.45) is 0 Å². The summed E-state index contributed by atoms with van der Waals surface area (Å²) in [5, 5.41) is 4.91. The normalized spacial score (nSPS) is 9.81. The maximum Gasteiger partial charge on any atom is 0.315 e. The topological polar surface area (TPSA) is 84.5 Å². The van der Waals surface area contributed by atoms with Gasteiger partial charge in [0.1, 0.15) is 5.82 Å². The van der Waals surface area contributed by atoms with Gasteiger partial charge in [0.05, 0.1) is 20.1 Å². The summed E-state index contributed by atoms with van der Waals surface area (Å²) in [6, 6.07) is 5.19. The first-order chi connectivity index (χ1) is 10.0. The predicted molar refractivity (Wildman–Crippen MR) is 72.9 cm³/mol. The second-order valence-electron chi connectivity index (χ2n) is 4.28. The molecule has 0 aliphatic rings. The highest BCUT2D eigenvalue weighted by atomic mass is 19.1. The number of rotatable bonds is 7. The fraction of sp³-hybridized carbons (Fsp3) is 0.357. The number of ether oxygens (including phenoxy) is 1. The Morgan fingerprint density at radius 2 is 1.76 bits per heavy atom. The lowest BCUT2D eigenvalue weighted by atomic mass is 10.2. The lowest BCUT2D eigenvalue weighted by molar-refractivity contribution is -0.141. The number of amides is 2. The molecule has 0 atom stereocenters. The predicted octanol–water partition coefficient (Wildman–Crippen LogP) is 1.15. The van der Waals surface area contributed by atoms with Gasteiger partial charge in [-0.15, -0.1) is 0 Å². The van der Waals surface area contributed by atoms with E-state index in [0.717, 1.165) is 5.56 Å². The molecule has 0 saturated heterocycles. The summed E-state index contributed by atoms with van der Waals surface area (Å²) in [5.41, 5.74) is 0.739. The third-order valence-electron chi connectivity index (χ3n) is 2.65. The van der Waals surface area contributed by atoms with Crippen molar-refractivity contribution in [1.29, 1.82) is 0 Å². The molecule has 6 nitrogen and oxygen atoms in total. The van der Waals surface area contributed by atoms with Crippen LogP contribution in [0.25, 0.3) is 0 Å². The molecule has 1 aromatic carbocycles. The average molecular weight is 296 g/mol. The highest BCUT2D eigenvalue weighted by molar-refractivity contribution is 5.87.